The number of hydrogen-bond donors (Lipinski definition) is 2. The van der Waals surface area contributed by atoms with Crippen molar-refractivity contribution in [1.82, 2.24) is 5.32 Å². The van der Waals surface area contributed by atoms with Crippen LogP contribution < -0.4 is 5.32 Å². The van der Waals surface area contributed by atoms with Crippen LogP contribution in [0.3, 0.4) is 0 Å². The third kappa shape index (κ3) is 4.16. The molecule has 0 fully saturated rings. The molecule has 0 saturated carbocycles. The molecule has 0 aromatic carbocycles. The Hall–Kier alpha value is 0.290. The van der Waals surface area contributed by atoms with Gasteiger partial charge in [0.15, 0.2) is 0 Å². The highest BCUT2D eigenvalue weighted by Crippen LogP contribution is 2.25. The zero-order valence-corrected chi connectivity index (χ0v) is 9.26. The van der Waals surface area contributed by atoms with Crippen molar-refractivity contribution >= 4 is 39.4 Å². The maximum Gasteiger partial charge on any atom is 0.0704 e. The first kappa shape index (κ1) is 10.3. The van der Waals surface area contributed by atoms with Crippen LogP contribution in [0.2, 0.25) is 0 Å². The van der Waals surface area contributed by atoms with E-state index in [0.717, 1.165) is 8.61 Å². The lowest BCUT2D eigenvalue weighted by atomic mass is 10.6. The van der Waals surface area contributed by atoms with Gasteiger partial charge in [-0.15, -0.1) is 0 Å². The van der Waals surface area contributed by atoms with Crippen LogP contribution in [-0.4, -0.2) is 12.1 Å². The second kappa shape index (κ2) is 5.01. The minimum absolute atomic E-state index is 0.624. The van der Waals surface area contributed by atoms with E-state index in [2.05, 4.69) is 27.9 Å². The summed E-state index contributed by atoms with van der Waals surface area (Å²) in [5, 5.41) is 10.8. The molecule has 58 valence electrons. The van der Waals surface area contributed by atoms with Gasteiger partial charge in [-0.3, -0.25) is 5.41 Å². The Morgan fingerprint density at radius 3 is 2.30 bits per heavy atom. The number of halogens is 1. The molecule has 0 heterocycles. The van der Waals surface area contributed by atoms with Gasteiger partial charge in [0.05, 0.1) is 7.96 Å². The van der Waals surface area contributed by atoms with Gasteiger partial charge in [0.2, 0.25) is 0 Å². The summed E-state index contributed by atoms with van der Waals surface area (Å²) in [6, 6.07) is 0. The summed E-state index contributed by atoms with van der Waals surface area (Å²) in [6.07, 6.45) is 0. The van der Waals surface area contributed by atoms with Crippen molar-refractivity contribution in [3.63, 3.8) is 0 Å². The first-order valence-corrected chi connectivity index (χ1v) is 4.74. The van der Waals surface area contributed by atoms with E-state index >= 15 is 0 Å². The van der Waals surface area contributed by atoms with Gasteiger partial charge >= 0.3 is 0 Å². The molecule has 0 aromatic heterocycles. The van der Waals surface area contributed by atoms with Gasteiger partial charge in [-0.05, 0) is 36.4 Å². The second-order valence-corrected chi connectivity index (χ2v) is 4.84. The van der Waals surface area contributed by atoms with Crippen LogP contribution in [0.1, 0.15) is 13.8 Å². The smallest absolute Gasteiger partial charge is 0.0704 e. The van der Waals surface area contributed by atoms with Crippen molar-refractivity contribution in [2.45, 2.75) is 13.8 Å². The van der Waals surface area contributed by atoms with Gasteiger partial charge in [-0.1, -0.05) is 11.8 Å². The predicted octanol–water partition coefficient (Wildman–Crippen LogP) is 2.56. The summed E-state index contributed by atoms with van der Waals surface area (Å²) in [5.41, 5.74) is 1.12. The topological polar surface area (TPSA) is 35.9 Å². The molecule has 2 nitrogen and oxygen atoms in total. The van der Waals surface area contributed by atoms with Gasteiger partial charge in [-0.25, -0.2) is 0 Å². The largest absolute Gasteiger partial charge is 0.390 e. The molecule has 2 N–H and O–H groups in total. The van der Waals surface area contributed by atoms with E-state index in [-0.39, 0.29) is 0 Å². The van der Waals surface area contributed by atoms with Crippen molar-refractivity contribution in [1.29, 1.82) is 5.41 Å². The molecule has 10 heavy (non-hydrogen) atoms. The lowest BCUT2D eigenvalue weighted by Gasteiger charge is -2.02. The van der Waals surface area contributed by atoms with Crippen molar-refractivity contribution in [3.05, 3.63) is 8.61 Å². The molecule has 0 aliphatic heterocycles. The maximum absolute atomic E-state index is 7.19. The number of rotatable bonds is 2. The van der Waals surface area contributed by atoms with Crippen molar-refractivity contribution < 1.29 is 0 Å². The van der Waals surface area contributed by atoms with E-state index in [0.29, 0.717) is 5.04 Å². The summed E-state index contributed by atoms with van der Waals surface area (Å²) in [7, 11) is 1.88. The molecule has 0 atom stereocenters. The minimum Gasteiger partial charge on any atom is -0.390 e. The van der Waals surface area contributed by atoms with Crippen molar-refractivity contribution in [3.8, 4) is 0 Å². The summed E-state index contributed by atoms with van der Waals surface area (Å²) < 4.78 is 1.13. The second-order valence-electron chi connectivity index (χ2n) is 1.81. The molecular weight excluding hydrogens is 259 g/mol. The predicted molar refractivity (Wildman–Crippen MR) is 56.8 cm³/mol. The number of hydrogen-bond acceptors (Lipinski definition) is 3. The quantitative estimate of drug-likeness (QED) is 0.459. The number of allylic oxidation sites excluding steroid dienone is 1. The summed E-state index contributed by atoms with van der Waals surface area (Å²) in [4.78, 5) is 0. The first-order chi connectivity index (χ1) is 4.57. The fourth-order valence-electron chi connectivity index (χ4n) is 0.309. The lowest BCUT2D eigenvalue weighted by Crippen LogP contribution is -2.02. The first-order valence-electron chi connectivity index (χ1n) is 2.85. The van der Waals surface area contributed by atoms with Gasteiger partial charge in [0.1, 0.15) is 0 Å². The molecule has 0 rings (SSSR count). The maximum atomic E-state index is 7.19. The molecular formula is C6H11IN2S. The summed E-state index contributed by atoms with van der Waals surface area (Å²) in [5.74, 6) is 0. The zero-order chi connectivity index (χ0) is 8.15. The zero-order valence-electron chi connectivity index (χ0n) is 6.29. The average Bonchev–Trinajstić information content (AvgIpc) is 1.85. The highest BCUT2D eigenvalue weighted by atomic mass is 127. The average molecular weight is 270 g/mol. The fraction of sp³-hybridized carbons (Fsp3) is 0.500. The molecule has 0 radical (unpaired) electrons. The van der Waals surface area contributed by atoms with E-state index in [1.165, 1.54) is 11.8 Å². The van der Waals surface area contributed by atoms with Crippen LogP contribution in [0.4, 0.5) is 0 Å². The van der Waals surface area contributed by atoms with Crippen LogP contribution in [0, 0.1) is 5.41 Å². The number of nitrogens with one attached hydrogen (secondary N) is 2. The Morgan fingerprint density at radius 2 is 2.00 bits per heavy atom. The SMILES string of the molecule is CN/C(C)=C(\I)SC(C)=N. The highest BCUT2D eigenvalue weighted by molar-refractivity contribution is 14.1. The van der Waals surface area contributed by atoms with Gasteiger partial charge in [-0.2, -0.15) is 0 Å². The van der Waals surface area contributed by atoms with Crippen LogP contribution in [0.5, 0.6) is 0 Å². The Bertz CT molecular complexity index is 165. The molecule has 0 amide bonds. The molecule has 4 heteroatoms. The van der Waals surface area contributed by atoms with Crippen molar-refractivity contribution in [2.24, 2.45) is 0 Å². The fourth-order valence-corrected chi connectivity index (χ4v) is 2.09. The normalized spacial score (nSPS) is 12.4. The van der Waals surface area contributed by atoms with Crippen molar-refractivity contribution in [2.75, 3.05) is 7.05 Å². The van der Waals surface area contributed by atoms with Crippen LogP contribution >= 0.6 is 34.4 Å². The third-order valence-electron chi connectivity index (χ3n) is 0.913. The molecule has 0 aliphatic rings. The van der Waals surface area contributed by atoms with E-state index < -0.39 is 0 Å². The third-order valence-corrected chi connectivity index (χ3v) is 3.17. The van der Waals surface area contributed by atoms with Crippen LogP contribution in [0.15, 0.2) is 8.61 Å². The molecule has 0 aliphatic carbocycles. The molecule has 0 bridgehead atoms. The van der Waals surface area contributed by atoms with E-state index in [9.17, 15) is 0 Å². The number of thioether (sulfide) groups is 1. The monoisotopic (exact) mass is 270 g/mol. The molecule has 0 spiro atoms. The Labute approximate surface area is 79.5 Å². The lowest BCUT2D eigenvalue weighted by molar-refractivity contribution is 0.995. The highest BCUT2D eigenvalue weighted by Gasteiger charge is 1.97. The van der Waals surface area contributed by atoms with Gasteiger partial charge < -0.3 is 5.32 Å². The van der Waals surface area contributed by atoms with Gasteiger partial charge in [0, 0.05) is 12.7 Å². The van der Waals surface area contributed by atoms with E-state index in [1.807, 2.05) is 14.0 Å². The van der Waals surface area contributed by atoms with Gasteiger partial charge in [0.25, 0.3) is 0 Å². The summed E-state index contributed by atoms with van der Waals surface area (Å²) in [6.45, 7) is 3.78. The summed E-state index contributed by atoms with van der Waals surface area (Å²) >= 11 is 3.70. The standard InChI is InChI=1S/C6H11IN2S/c1-4(9-3)6(7)10-5(2)8/h8-9H,1-3H3/b6-4+,8-5?. The Kier molecular flexibility index (Phi) is 5.15. The molecule has 0 saturated heterocycles. The van der Waals surface area contributed by atoms with E-state index in [1.54, 1.807) is 6.92 Å². The molecule has 0 aromatic rings. The van der Waals surface area contributed by atoms with Crippen LogP contribution in [-0.2, 0) is 0 Å². The van der Waals surface area contributed by atoms with E-state index in [4.69, 9.17) is 5.41 Å². The Morgan fingerprint density at radius 1 is 1.50 bits per heavy atom. The minimum atomic E-state index is 0.624. The van der Waals surface area contributed by atoms with Crippen LogP contribution in [0.25, 0.3) is 0 Å². The Balaban J connectivity index is 4.04. The molecule has 0 unspecified atom stereocenters.